The number of fused-ring (bicyclic) bond motifs is 6. The van der Waals surface area contributed by atoms with Gasteiger partial charge in [0.15, 0.2) is 0 Å². The number of hydrogen-bond acceptors (Lipinski definition) is 1. The second-order valence-electron chi connectivity index (χ2n) is 4.97. The average molecular weight is 243 g/mol. The number of nitrogens with zero attached hydrogens (tertiary/aromatic N) is 1. The van der Waals surface area contributed by atoms with E-state index in [1.165, 1.54) is 37.9 Å². The maximum atomic E-state index is 4.37. The number of benzene rings is 3. The highest BCUT2D eigenvalue weighted by Gasteiger charge is 2.09. The SMILES string of the molecule is Cc1cncc2c3ccccc3c3ccccc3c12. The monoisotopic (exact) mass is 243 g/mol. The molecule has 4 aromatic rings. The summed E-state index contributed by atoms with van der Waals surface area (Å²) < 4.78 is 0. The molecule has 0 saturated heterocycles. The lowest BCUT2D eigenvalue weighted by atomic mass is 9.94. The lowest BCUT2D eigenvalue weighted by molar-refractivity contribution is 1.32. The Morgan fingerprint density at radius 2 is 1.16 bits per heavy atom. The van der Waals surface area contributed by atoms with E-state index >= 15 is 0 Å². The zero-order valence-corrected chi connectivity index (χ0v) is 10.7. The van der Waals surface area contributed by atoms with Gasteiger partial charge in [-0.25, -0.2) is 0 Å². The molecule has 90 valence electrons. The molecule has 0 radical (unpaired) electrons. The molecule has 4 rings (SSSR count). The number of aromatic nitrogens is 1. The predicted octanol–water partition coefficient (Wildman–Crippen LogP) is 4.85. The predicted molar refractivity (Wildman–Crippen MR) is 81.5 cm³/mol. The Hall–Kier alpha value is -2.41. The van der Waals surface area contributed by atoms with Gasteiger partial charge < -0.3 is 0 Å². The molecule has 19 heavy (non-hydrogen) atoms. The van der Waals surface area contributed by atoms with Crippen LogP contribution in [0.5, 0.6) is 0 Å². The molecule has 1 heteroatoms. The second kappa shape index (κ2) is 3.79. The normalized spacial score (nSPS) is 11.4. The van der Waals surface area contributed by atoms with E-state index in [4.69, 9.17) is 0 Å². The van der Waals surface area contributed by atoms with E-state index in [1.807, 2.05) is 12.4 Å². The zero-order chi connectivity index (χ0) is 12.8. The first-order valence-electron chi connectivity index (χ1n) is 6.50. The summed E-state index contributed by atoms with van der Waals surface area (Å²) in [7, 11) is 0. The Balaban J connectivity index is 2.48. The van der Waals surface area contributed by atoms with Crippen molar-refractivity contribution in [1.29, 1.82) is 0 Å². The largest absolute Gasteiger partial charge is 0.264 e. The van der Waals surface area contributed by atoms with Crippen LogP contribution in [-0.2, 0) is 0 Å². The third-order valence-corrected chi connectivity index (χ3v) is 3.84. The van der Waals surface area contributed by atoms with Crippen LogP contribution in [0.1, 0.15) is 5.56 Å². The van der Waals surface area contributed by atoms with Crippen molar-refractivity contribution in [2.45, 2.75) is 6.92 Å². The van der Waals surface area contributed by atoms with Gasteiger partial charge >= 0.3 is 0 Å². The van der Waals surface area contributed by atoms with Crippen LogP contribution < -0.4 is 0 Å². The van der Waals surface area contributed by atoms with Gasteiger partial charge in [-0.2, -0.15) is 0 Å². The van der Waals surface area contributed by atoms with E-state index in [0.29, 0.717) is 0 Å². The smallest absolute Gasteiger partial charge is 0.0353 e. The third kappa shape index (κ3) is 1.39. The first-order valence-corrected chi connectivity index (χ1v) is 6.50. The molecule has 1 heterocycles. The third-order valence-electron chi connectivity index (χ3n) is 3.84. The topological polar surface area (TPSA) is 12.9 Å². The highest BCUT2D eigenvalue weighted by atomic mass is 14.6. The van der Waals surface area contributed by atoms with Gasteiger partial charge in [0.25, 0.3) is 0 Å². The van der Waals surface area contributed by atoms with Gasteiger partial charge in [0, 0.05) is 17.8 Å². The Kier molecular flexibility index (Phi) is 2.10. The summed E-state index contributed by atoms with van der Waals surface area (Å²) in [5.41, 5.74) is 1.24. The summed E-state index contributed by atoms with van der Waals surface area (Å²) in [5.74, 6) is 0. The molecule has 0 saturated carbocycles. The molecule has 0 aliphatic carbocycles. The average Bonchev–Trinajstić information content (AvgIpc) is 2.47. The molecular weight excluding hydrogens is 230 g/mol. The maximum Gasteiger partial charge on any atom is 0.0353 e. The van der Waals surface area contributed by atoms with Gasteiger partial charge in [-0.3, -0.25) is 4.98 Å². The minimum atomic E-state index is 1.24. The molecule has 3 aromatic carbocycles. The number of aryl methyl sites for hydroxylation is 1. The van der Waals surface area contributed by atoms with Crippen LogP contribution >= 0.6 is 0 Å². The van der Waals surface area contributed by atoms with Crippen LogP contribution in [-0.4, -0.2) is 4.98 Å². The molecule has 0 unspecified atom stereocenters. The van der Waals surface area contributed by atoms with Crippen molar-refractivity contribution in [3.8, 4) is 0 Å². The second-order valence-corrected chi connectivity index (χ2v) is 4.97. The van der Waals surface area contributed by atoms with Gasteiger partial charge in [-0.05, 0) is 39.4 Å². The molecular formula is C18H13N. The summed E-state index contributed by atoms with van der Waals surface area (Å²) in [6.45, 7) is 2.14. The van der Waals surface area contributed by atoms with Crippen LogP contribution in [0, 0.1) is 6.92 Å². The van der Waals surface area contributed by atoms with E-state index in [2.05, 4.69) is 60.4 Å². The van der Waals surface area contributed by atoms with E-state index in [1.54, 1.807) is 0 Å². The molecule has 0 N–H and O–H groups in total. The van der Waals surface area contributed by atoms with Crippen LogP contribution in [0.25, 0.3) is 32.3 Å². The molecule has 0 atom stereocenters. The van der Waals surface area contributed by atoms with Gasteiger partial charge in [-0.1, -0.05) is 48.5 Å². The molecule has 0 fully saturated rings. The van der Waals surface area contributed by atoms with Crippen molar-refractivity contribution in [1.82, 2.24) is 4.98 Å². The van der Waals surface area contributed by atoms with Crippen molar-refractivity contribution >= 4 is 32.3 Å². The Morgan fingerprint density at radius 3 is 1.84 bits per heavy atom. The Labute approximate surface area is 111 Å². The van der Waals surface area contributed by atoms with Crippen LogP contribution in [0.4, 0.5) is 0 Å². The minimum Gasteiger partial charge on any atom is -0.264 e. The highest BCUT2D eigenvalue weighted by molar-refractivity contribution is 6.25. The fourth-order valence-corrected chi connectivity index (χ4v) is 3.02. The first kappa shape index (κ1) is 10.5. The van der Waals surface area contributed by atoms with Crippen molar-refractivity contribution in [3.63, 3.8) is 0 Å². The molecule has 0 aliphatic rings. The molecule has 0 bridgehead atoms. The summed E-state index contributed by atoms with van der Waals surface area (Å²) >= 11 is 0. The highest BCUT2D eigenvalue weighted by Crippen LogP contribution is 2.35. The van der Waals surface area contributed by atoms with E-state index < -0.39 is 0 Å². The minimum absolute atomic E-state index is 1.24. The van der Waals surface area contributed by atoms with E-state index in [0.717, 1.165) is 0 Å². The summed E-state index contributed by atoms with van der Waals surface area (Å²) in [6.07, 6.45) is 3.93. The first-order chi connectivity index (χ1) is 9.36. The van der Waals surface area contributed by atoms with Crippen LogP contribution in [0.2, 0.25) is 0 Å². The maximum absolute atomic E-state index is 4.37. The lowest BCUT2D eigenvalue weighted by Crippen LogP contribution is -1.87. The summed E-state index contributed by atoms with van der Waals surface area (Å²) in [6, 6.07) is 17.2. The fraction of sp³-hybridized carbons (Fsp3) is 0.0556. The molecule has 0 amide bonds. The van der Waals surface area contributed by atoms with Crippen molar-refractivity contribution in [2.75, 3.05) is 0 Å². The summed E-state index contributed by atoms with van der Waals surface area (Å²) in [5, 5.41) is 7.79. The number of rotatable bonds is 0. The van der Waals surface area contributed by atoms with Gasteiger partial charge in [0.1, 0.15) is 0 Å². The Bertz CT molecular complexity index is 877. The quantitative estimate of drug-likeness (QED) is 0.402. The molecule has 1 nitrogen and oxygen atoms in total. The van der Waals surface area contributed by atoms with Gasteiger partial charge in [0.05, 0.1) is 0 Å². The Morgan fingerprint density at radius 1 is 0.632 bits per heavy atom. The van der Waals surface area contributed by atoms with Crippen LogP contribution in [0.3, 0.4) is 0 Å². The van der Waals surface area contributed by atoms with Crippen LogP contribution in [0.15, 0.2) is 60.9 Å². The van der Waals surface area contributed by atoms with Crippen molar-refractivity contribution in [3.05, 3.63) is 66.5 Å². The standard InChI is InChI=1S/C18H13N/c1-12-10-19-11-17-15-8-3-2-6-13(15)14-7-4-5-9-16(14)18(12)17/h2-11H,1H3. The lowest BCUT2D eigenvalue weighted by Gasteiger charge is -2.11. The van der Waals surface area contributed by atoms with Crippen molar-refractivity contribution in [2.24, 2.45) is 0 Å². The van der Waals surface area contributed by atoms with E-state index in [9.17, 15) is 0 Å². The van der Waals surface area contributed by atoms with E-state index in [-0.39, 0.29) is 0 Å². The molecule has 0 aliphatic heterocycles. The number of pyridine rings is 1. The van der Waals surface area contributed by atoms with Gasteiger partial charge in [0.2, 0.25) is 0 Å². The molecule has 1 aromatic heterocycles. The zero-order valence-electron chi connectivity index (χ0n) is 10.7. The van der Waals surface area contributed by atoms with Gasteiger partial charge in [-0.15, -0.1) is 0 Å². The molecule has 0 spiro atoms. The van der Waals surface area contributed by atoms with Crippen molar-refractivity contribution < 1.29 is 0 Å². The number of hydrogen-bond donors (Lipinski definition) is 0. The fourth-order valence-electron chi connectivity index (χ4n) is 3.02. The summed E-state index contributed by atoms with van der Waals surface area (Å²) in [4.78, 5) is 4.37.